The molecular formula is C11H11F2N3O. The lowest BCUT2D eigenvalue weighted by Gasteiger charge is -2.09. The van der Waals surface area contributed by atoms with Crippen LogP contribution in [0.5, 0.6) is 0 Å². The monoisotopic (exact) mass is 239 g/mol. The van der Waals surface area contributed by atoms with Gasteiger partial charge < -0.3 is 5.32 Å². The van der Waals surface area contributed by atoms with Gasteiger partial charge in [-0.1, -0.05) is 12.1 Å². The Hall–Kier alpha value is -1.98. The molecule has 0 spiro atoms. The zero-order valence-corrected chi connectivity index (χ0v) is 9.13. The maximum Gasteiger partial charge on any atom is 0.254 e. The van der Waals surface area contributed by atoms with Gasteiger partial charge >= 0.3 is 0 Å². The van der Waals surface area contributed by atoms with Crippen LogP contribution in [-0.4, -0.2) is 18.4 Å². The van der Waals surface area contributed by atoms with Crippen LogP contribution in [0.15, 0.2) is 23.2 Å². The zero-order chi connectivity index (χ0) is 12.4. The standard InChI is InChI=1S/C11H11F2N3O/c1-2-14-11-15-9(10(17)16-11)6-4-3-5-7(12)8(6)13/h3-5,9H,2H2,1H3,(H2,14,15,16,17). The lowest BCUT2D eigenvalue weighted by Crippen LogP contribution is -2.25. The van der Waals surface area contributed by atoms with E-state index in [-0.39, 0.29) is 11.5 Å². The summed E-state index contributed by atoms with van der Waals surface area (Å²) in [7, 11) is 0. The van der Waals surface area contributed by atoms with Crippen LogP contribution in [0.3, 0.4) is 0 Å². The summed E-state index contributed by atoms with van der Waals surface area (Å²) in [6, 6.07) is 2.80. The minimum Gasteiger partial charge on any atom is -0.340 e. The van der Waals surface area contributed by atoms with Crippen molar-refractivity contribution in [2.75, 3.05) is 6.54 Å². The molecule has 2 rings (SSSR count). The quantitative estimate of drug-likeness (QED) is 0.812. The van der Waals surface area contributed by atoms with E-state index >= 15 is 0 Å². The number of nitrogens with zero attached hydrogens (tertiary/aromatic N) is 1. The molecule has 0 bridgehead atoms. The molecule has 1 aromatic carbocycles. The molecule has 1 amide bonds. The smallest absolute Gasteiger partial charge is 0.254 e. The van der Waals surface area contributed by atoms with Gasteiger partial charge in [0.1, 0.15) is 6.04 Å². The van der Waals surface area contributed by atoms with Gasteiger partial charge in [0.25, 0.3) is 5.91 Å². The van der Waals surface area contributed by atoms with Gasteiger partial charge in [-0.05, 0) is 13.0 Å². The molecular weight excluding hydrogens is 228 g/mol. The molecule has 1 atom stereocenters. The molecule has 1 unspecified atom stereocenters. The molecule has 1 aliphatic heterocycles. The van der Waals surface area contributed by atoms with Crippen LogP contribution in [-0.2, 0) is 4.79 Å². The number of carbonyl (C=O) groups excluding carboxylic acids is 1. The average molecular weight is 239 g/mol. The third-order valence-electron chi connectivity index (χ3n) is 2.39. The van der Waals surface area contributed by atoms with Gasteiger partial charge in [0.2, 0.25) is 0 Å². The summed E-state index contributed by atoms with van der Waals surface area (Å²) in [6.45, 7) is 2.29. The van der Waals surface area contributed by atoms with Gasteiger partial charge in [0.15, 0.2) is 17.6 Å². The first-order valence-electron chi connectivity index (χ1n) is 5.19. The first-order chi connectivity index (χ1) is 8.13. The highest BCUT2D eigenvalue weighted by Gasteiger charge is 2.32. The fourth-order valence-corrected chi connectivity index (χ4v) is 1.63. The molecule has 0 radical (unpaired) electrons. The molecule has 2 N–H and O–H groups in total. The molecule has 1 heterocycles. The minimum atomic E-state index is -1.02. The highest BCUT2D eigenvalue weighted by atomic mass is 19.2. The molecule has 1 saturated heterocycles. The highest BCUT2D eigenvalue weighted by Crippen LogP contribution is 2.21. The summed E-state index contributed by atoms with van der Waals surface area (Å²) < 4.78 is 26.5. The Morgan fingerprint density at radius 1 is 1.41 bits per heavy atom. The van der Waals surface area contributed by atoms with E-state index in [1.54, 1.807) is 6.92 Å². The zero-order valence-electron chi connectivity index (χ0n) is 9.13. The van der Waals surface area contributed by atoms with Crippen LogP contribution in [0.1, 0.15) is 18.5 Å². The molecule has 0 saturated carbocycles. The number of carbonyl (C=O) groups is 1. The largest absolute Gasteiger partial charge is 0.340 e. The number of rotatable bonds is 2. The van der Waals surface area contributed by atoms with Crippen molar-refractivity contribution in [3.8, 4) is 0 Å². The topological polar surface area (TPSA) is 53.5 Å². The van der Waals surface area contributed by atoms with E-state index in [1.165, 1.54) is 12.1 Å². The van der Waals surface area contributed by atoms with Crippen LogP contribution < -0.4 is 10.6 Å². The van der Waals surface area contributed by atoms with Crippen LogP contribution in [0.25, 0.3) is 0 Å². The molecule has 1 aliphatic rings. The summed E-state index contributed by atoms with van der Waals surface area (Å²) in [5.41, 5.74) is -0.0243. The van der Waals surface area contributed by atoms with Crippen molar-refractivity contribution < 1.29 is 13.6 Å². The minimum absolute atomic E-state index is 0.0243. The van der Waals surface area contributed by atoms with Gasteiger partial charge in [-0.15, -0.1) is 0 Å². The molecule has 1 fully saturated rings. The highest BCUT2D eigenvalue weighted by molar-refractivity contribution is 6.06. The van der Waals surface area contributed by atoms with Crippen molar-refractivity contribution in [2.24, 2.45) is 4.99 Å². The molecule has 0 aliphatic carbocycles. The predicted octanol–water partition coefficient (Wildman–Crippen LogP) is 1.10. The van der Waals surface area contributed by atoms with E-state index in [1.807, 2.05) is 0 Å². The van der Waals surface area contributed by atoms with Gasteiger partial charge in [0, 0.05) is 12.1 Å². The number of amides is 1. The van der Waals surface area contributed by atoms with Gasteiger partial charge in [0.05, 0.1) is 0 Å². The van der Waals surface area contributed by atoms with E-state index in [4.69, 9.17) is 0 Å². The summed E-state index contributed by atoms with van der Waals surface area (Å²) in [6.07, 6.45) is 0. The number of guanidine groups is 1. The summed E-state index contributed by atoms with van der Waals surface area (Å²) >= 11 is 0. The Bertz CT molecular complexity index is 488. The summed E-state index contributed by atoms with van der Waals surface area (Å²) in [5, 5.41) is 5.17. The fourth-order valence-electron chi connectivity index (χ4n) is 1.63. The predicted molar refractivity (Wildman–Crippen MR) is 58.4 cm³/mol. The molecule has 0 aromatic heterocycles. The Balaban J connectivity index is 2.32. The number of halogens is 2. The first kappa shape index (κ1) is 11.5. The van der Waals surface area contributed by atoms with Crippen molar-refractivity contribution in [2.45, 2.75) is 13.0 Å². The molecule has 90 valence electrons. The molecule has 6 heteroatoms. The lowest BCUT2D eigenvalue weighted by molar-refractivity contribution is -0.120. The maximum atomic E-state index is 13.5. The second-order valence-corrected chi connectivity index (χ2v) is 3.53. The van der Waals surface area contributed by atoms with E-state index in [9.17, 15) is 13.6 Å². The number of hydrogen-bond donors (Lipinski definition) is 2. The van der Waals surface area contributed by atoms with Gasteiger partial charge in [-0.2, -0.15) is 0 Å². The molecule has 17 heavy (non-hydrogen) atoms. The Kier molecular flexibility index (Phi) is 3.03. The van der Waals surface area contributed by atoms with Crippen molar-refractivity contribution in [1.29, 1.82) is 0 Å². The van der Waals surface area contributed by atoms with Crippen LogP contribution in [0, 0.1) is 11.6 Å². The lowest BCUT2D eigenvalue weighted by atomic mass is 10.1. The van der Waals surface area contributed by atoms with Crippen LogP contribution in [0.2, 0.25) is 0 Å². The van der Waals surface area contributed by atoms with Crippen molar-refractivity contribution in [3.63, 3.8) is 0 Å². The Morgan fingerprint density at radius 2 is 2.18 bits per heavy atom. The molecule has 1 aromatic rings. The van der Waals surface area contributed by atoms with E-state index < -0.39 is 23.6 Å². The van der Waals surface area contributed by atoms with Crippen LogP contribution >= 0.6 is 0 Å². The average Bonchev–Trinajstić information content (AvgIpc) is 2.64. The van der Waals surface area contributed by atoms with Crippen molar-refractivity contribution in [1.82, 2.24) is 10.6 Å². The van der Waals surface area contributed by atoms with E-state index in [0.29, 0.717) is 6.54 Å². The second kappa shape index (κ2) is 4.48. The normalized spacial score (nSPS) is 21.5. The first-order valence-corrected chi connectivity index (χ1v) is 5.19. The van der Waals surface area contributed by atoms with Crippen molar-refractivity contribution in [3.05, 3.63) is 35.4 Å². The fraction of sp³-hybridized carbons (Fsp3) is 0.273. The SMILES string of the molecule is CCN=C1NC(=O)C(c2cccc(F)c2F)N1. The second-order valence-electron chi connectivity index (χ2n) is 3.53. The van der Waals surface area contributed by atoms with E-state index in [2.05, 4.69) is 15.6 Å². The number of aliphatic imine (C=N–C) groups is 1. The number of benzene rings is 1. The number of nitrogens with one attached hydrogen (secondary N) is 2. The Labute approximate surface area is 96.7 Å². The Morgan fingerprint density at radius 3 is 2.88 bits per heavy atom. The summed E-state index contributed by atoms with van der Waals surface area (Å²) in [4.78, 5) is 15.5. The van der Waals surface area contributed by atoms with Crippen LogP contribution in [0.4, 0.5) is 8.78 Å². The maximum absolute atomic E-state index is 13.5. The van der Waals surface area contributed by atoms with Crippen molar-refractivity contribution >= 4 is 11.9 Å². The van der Waals surface area contributed by atoms with E-state index in [0.717, 1.165) is 6.07 Å². The molecule has 4 nitrogen and oxygen atoms in total. The summed E-state index contributed by atoms with van der Waals surface area (Å²) in [5.74, 6) is -2.15. The third-order valence-corrected chi connectivity index (χ3v) is 2.39. The third kappa shape index (κ3) is 2.11. The number of hydrogen-bond acceptors (Lipinski definition) is 2. The van der Waals surface area contributed by atoms with Gasteiger partial charge in [-0.25, -0.2) is 8.78 Å². The van der Waals surface area contributed by atoms with Gasteiger partial charge in [-0.3, -0.25) is 15.1 Å².